The zero-order valence-corrected chi connectivity index (χ0v) is 8.38. The fourth-order valence-electron chi connectivity index (χ4n) is 2.63. The van der Waals surface area contributed by atoms with E-state index in [4.69, 9.17) is 0 Å². The molecule has 0 saturated carbocycles. The van der Waals surface area contributed by atoms with Gasteiger partial charge >= 0.3 is 5.97 Å². The van der Waals surface area contributed by atoms with E-state index in [2.05, 4.69) is 10.6 Å². The first-order chi connectivity index (χ1) is 6.73. The number of carbonyl (C=O) groups is 1. The van der Waals surface area contributed by atoms with Crippen LogP contribution in [0.4, 0.5) is 0 Å². The molecule has 2 unspecified atom stereocenters. The molecule has 2 aliphatic heterocycles. The van der Waals surface area contributed by atoms with Crippen molar-refractivity contribution in [3.63, 3.8) is 0 Å². The van der Waals surface area contributed by atoms with E-state index < -0.39 is 11.5 Å². The molecular formula is C10H18N2O2. The molecule has 2 saturated heterocycles. The first-order valence-electron chi connectivity index (χ1n) is 5.42. The molecule has 14 heavy (non-hydrogen) atoms. The van der Waals surface area contributed by atoms with Crippen molar-refractivity contribution in [2.24, 2.45) is 5.92 Å². The highest BCUT2D eigenvalue weighted by atomic mass is 16.4. The quantitative estimate of drug-likeness (QED) is 0.606. The van der Waals surface area contributed by atoms with Crippen LogP contribution in [-0.4, -0.2) is 36.2 Å². The second kappa shape index (κ2) is 3.87. The van der Waals surface area contributed by atoms with Gasteiger partial charge in [0.1, 0.15) is 5.54 Å². The van der Waals surface area contributed by atoms with Crippen LogP contribution in [0.15, 0.2) is 0 Å². The van der Waals surface area contributed by atoms with Crippen LogP contribution in [0.5, 0.6) is 0 Å². The molecule has 0 aromatic carbocycles. The smallest absolute Gasteiger partial charge is 0.323 e. The van der Waals surface area contributed by atoms with Crippen LogP contribution < -0.4 is 10.6 Å². The van der Waals surface area contributed by atoms with Crippen molar-refractivity contribution in [1.29, 1.82) is 0 Å². The molecule has 0 spiro atoms. The predicted octanol–water partition coefficient (Wildman–Crippen LogP) is 0.193. The Labute approximate surface area is 84.1 Å². The first kappa shape index (κ1) is 9.93. The molecule has 2 heterocycles. The Morgan fingerprint density at radius 2 is 2.36 bits per heavy atom. The number of carboxylic acid groups (broad SMARTS) is 1. The van der Waals surface area contributed by atoms with Crippen LogP contribution in [-0.2, 0) is 4.79 Å². The second-order valence-electron chi connectivity index (χ2n) is 4.48. The summed E-state index contributed by atoms with van der Waals surface area (Å²) in [5, 5.41) is 15.7. The number of hydrogen-bond donors (Lipinski definition) is 3. The third kappa shape index (κ3) is 1.77. The van der Waals surface area contributed by atoms with Crippen LogP contribution in [0, 0.1) is 5.92 Å². The van der Waals surface area contributed by atoms with Gasteiger partial charge in [0.25, 0.3) is 0 Å². The van der Waals surface area contributed by atoms with Gasteiger partial charge in [-0.05, 0) is 51.2 Å². The molecule has 0 radical (unpaired) electrons. The van der Waals surface area contributed by atoms with Gasteiger partial charge in [-0.25, -0.2) is 0 Å². The Morgan fingerprint density at radius 3 is 2.86 bits per heavy atom. The summed E-state index contributed by atoms with van der Waals surface area (Å²) in [5.41, 5.74) is -0.614. The minimum Gasteiger partial charge on any atom is -0.480 e. The molecule has 4 nitrogen and oxygen atoms in total. The standard InChI is InChI=1S/C10H18N2O2/c13-9(14)10(3-1-4-12-10)6-8-2-5-11-7-8/h8,11-12H,1-7H2,(H,13,14). The molecule has 2 fully saturated rings. The summed E-state index contributed by atoms with van der Waals surface area (Å²) in [5.74, 6) is -0.126. The highest BCUT2D eigenvalue weighted by Gasteiger charge is 2.42. The van der Waals surface area contributed by atoms with Crippen LogP contribution in [0.25, 0.3) is 0 Å². The van der Waals surface area contributed by atoms with E-state index in [0.717, 1.165) is 45.3 Å². The van der Waals surface area contributed by atoms with Crippen molar-refractivity contribution < 1.29 is 9.90 Å². The highest BCUT2D eigenvalue weighted by Crippen LogP contribution is 2.29. The van der Waals surface area contributed by atoms with Crippen molar-refractivity contribution in [3.8, 4) is 0 Å². The van der Waals surface area contributed by atoms with Gasteiger partial charge in [-0.2, -0.15) is 0 Å². The van der Waals surface area contributed by atoms with Gasteiger partial charge in [0.15, 0.2) is 0 Å². The van der Waals surface area contributed by atoms with E-state index in [9.17, 15) is 9.90 Å². The van der Waals surface area contributed by atoms with Gasteiger partial charge in [0.05, 0.1) is 0 Å². The molecule has 2 rings (SSSR count). The fraction of sp³-hybridized carbons (Fsp3) is 0.900. The number of carboxylic acids is 1. The maximum Gasteiger partial charge on any atom is 0.323 e. The maximum absolute atomic E-state index is 11.2. The first-order valence-corrected chi connectivity index (χ1v) is 5.42. The van der Waals surface area contributed by atoms with Crippen molar-refractivity contribution in [2.75, 3.05) is 19.6 Å². The van der Waals surface area contributed by atoms with E-state index in [1.807, 2.05) is 0 Å². The largest absolute Gasteiger partial charge is 0.480 e. The third-order valence-corrected chi connectivity index (χ3v) is 3.45. The molecule has 3 N–H and O–H groups in total. The molecule has 2 atom stereocenters. The Bertz CT molecular complexity index is 218. The molecule has 0 aromatic heterocycles. The molecule has 0 bridgehead atoms. The van der Waals surface area contributed by atoms with Gasteiger partial charge in [-0.3, -0.25) is 4.79 Å². The zero-order valence-electron chi connectivity index (χ0n) is 8.38. The highest BCUT2D eigenvalue weighted by molar-refractivity contribution is 5.79. The van der Waals surface area contributed by atoms with Crippen LogP contribution in [0.2, 0.25) is 0 Å². The van der Waals surface area contributed by atoms with Crippen molar-refractivity contribution in [2.45, 2.75) is 31.2 Å². The van der Waals surface area contributed by atoms with E-state index >= 15 is 0 Å². The summed E-state index contributed by atoms with van der Waals surface area (Å²) >= 11 is 0. The molecule has 80 valence electrons. The van der Waals surface area contributed by atoms with E-state index in [1.165, 1.54) is 0 Å². The second-order valence-corrected chi connectivity index (χ2v) is 4.48. The Morgan fingerprint density at radius 1 is 1.50 bits per heavy atom. The van der Waals surface area contributed by atoms with Crippen molar-refractivity contribution >= 4 is 5.97 Å². The molecule has 0 aromatic rings. The molecule has 0 amide bonds. The predicted molar refractivity (Wildman–Crippen MR) is 53.2 cm³/mol. The van der Waals surface area contributed by atoms with Crippen LogP contribution in [0.1, 0.15) is 25.7 Å². The Kier molecular flexibility index (Phi) is 2.74. The summed E-state index contributed by atoms with van der Waals surface area (Å²) < 4.78 is 0. The van der Waals surface area contributed by atoms with E-state index in [1.54, 1.807) is 0 Å². The van der Waals surface area contributed by atoms with Crippen LogP contribution >= 0.6 is 0 Å². The summed E-state index contributed by atoms with van der Waals surface area (Å²) in [4.78, 5) is 11.2. The minimum absolute atomic E-state index is 0.539. The molecule has 2 aliphatic rings. The molecule has 0 aliphatic carbocycles. The average molecular weight is 198 g/mol. The summed E-state index contributed by atoms with van der Waals surface area (Å²) in [6.45, 7) is 2.88. The van der Waals surface area contributed by atoms with Gasteiger partial charge in [0.2, 0.25) is 0 Å². The van der Waals surface area contributed by atoms with E-state index in [0.29, 0.717) is 5.92 Å². The lowest BCUT2D eigenvalue weighted by atomic mass is 9.85. The molecule has 4 heteroatoms. The number of aliphatic carboxylic acids is 1. The lowest BCUT2D eigenvalue weighted by Gasteiger charge is -2.27. The Balaban J connectivity index is 1.99. The maximum atomic E-state index is 11.2. The molecular weight excluding hydrogens is 180 g/mol. The lowest BCUT2D eigenvalue weighted by Crippen LogP contribution is -2.49. The summed E-state index contributed by atoms with van der Waals surface area (Å²) in [7, 11) is 0. The number of nitrogens with one attached hydrogen (secondary N) is 2. The van der Waals surface area contributed by atoms with Crippen molar-refractivity contribution in [3.05, 3.63) is 0 Å². The normalized spacial score (nSPS) is 37.6. The van der Waals surface area contributed by atoms with E-state index in [-0.39, 0.29) is 0 Å². The van der Waals surface area contributed by atoms with Gasteiger partial charge in [-0.1, -0.05) is 0 Å². The van der Waals surface area contributed by atoms with Crippen molar-refractivity contribution in [1.82, 2.24) is 10.6 Å². The monoisotopic (exact) mass is 198 g/mol. The number of hydrogen-bond acceptors (Lipinski definition) is 3. The Hall–Kier alpha value is -0.610. The zero-order chi connectivity index (χ0) is 10.0. The SMILES string of the molecule is O=C(O)C1(CC2CCNC2)CCCN1. The average Bonchev–Trinajstić information content (AvgIpc) is 2.76. The van der Waals surface area contributed by atoms with Gasteiger partial charge < -0.3 is 15.7 Å². The van der Waals surface area contributed by atoms with Gasteiger partial charge in [0, 0.05) is 0 Å². The topological polar surface area (TPSA) is 61.4 Å². The van der Waals surface area contributed by atoms with Gasteiger partial charge in [-0.15, -0.1) is 0 Å². The lowest BCUT2D eigenvalue weighted by molar-refractivity contribution is -0.145. The van der Waals surface area contributed by atoms with Crippen LogP contribution in [0.3, 0.4) is 0 Å². The number of rotatable bonds is 3. The summed E-state index contributed by atoms with van der Waals surface area (Å²) in [6.07, 6.45) is 3.69. The minimum atomic E-state index is -0.665. The third-order valence-electron chi connectivity index (χ3n) is 3.45. The fourth-order valence-corrected chi connectivity index (χ4v) is 2.63. The summed E-state index contributed by atoms with van der Waals surface area (Å²) in [6, 6.07) is 0.